The van der Waals surface area contributed by atoms with E-state index in [-0.39, 0.29) is 24.6 Å². The number of carbonyl (C=O) groups excluding carboxylic acids is 2. The highest BCUT2D eigenvalue weighted by atomic mass is 16.6. The molecule has 0 aliphatic rings. The van der Waals surface area contributed by atoms with E-state index in [2.05, 4.69) is 6.92 Å². The minimum Gasteiger partial charge on any atom is -0.458 e. The minimum absolute atomic E-state index is 0.104. The molecule has 0 spiro atoms. The number of rotatable bonds is 8. The van der Waals surface area contributed by atoms with Gasteiger partial charge in [0, 0.05) is 11.1 Å². The molecule has 0 aliphatic carbocycles. The molecule has 0 amide bonds. The van der Waals surface area contributed by atoms with Crippen LogP contribution in [0, 0.1) is 0 Å². The summed E-state index contributed by atoms with van der Waals surface area (Å²) < 4.78 is 10.5. The van der Waals surface area contributed by atoms with Crippen molar-refractivity contribution in [1.82, 2.24) is 0 Å². The third-order valence-corrected chi connectivity index (χ3v) is 3.06. The molecule has 20 heavy (non-hydrogen) atoms. The maximum atomic E-state index is 11.7. The average molecular weight is 282 g/mol. The zero-order valence-electron chi connectivity index (χ0n) is 13.2. The Morgan fingerprint density at radius 2 is 1.60 bits per heavy atom. The molecule has 1 atom stereocenters. The summed E-state index contributed by atoms with van der Waals surface area (Å²) >= 11 is 0. The summed E-state index contributed by atoms with van der Waals surface area (Å²) in [6.07, 6.45) is 5.63. The molecule has 0 aromatic heterocycles. The second-order valence-corrected chi connectivity index (χ2v) is 4.71. The van der Waals surface area contributed by atoms with E-state index in [1.54, 1.807) is 39.8 Å². The molecule has 4 nitrogen and oxygen atoms in total. The van der Waals surface area contributed by atoms with Crippen LogP contribution >= 0.6 is 0 Å². The number of esters is 2. The molecule has 4 heteroatoms. The van der Waals surface area contributed by atoms with Gasteiger partial charge >= 0.3 is 11.9 Å². The third kappa shape index (κ3) is 7.12. The highest BCUT2D eigenvalue weighted by Gasteiger charge is 2.17. The van der Waals surface area contributed by atoms with E-state index in [4.69, 9.17) is 9.47 Å². The number of hydrogen-bond acceptors (Lipinski definition) is 4. The predicted molar refractivity (Wildman–Crippen MR) is 79.2 cm³/mol. The molecule has 0 aromatic rings. The van der Waals surface area contributed by atoms with Crippen molar-refractivity contribution in [2.45, 2.75) is 60.0 Å². The zero-order valence-corrected chi connectivity index (χ0v) is 13.2. The Morgan fingerprint density at radius 1 is 1.05 bits per heavy atom. The molecule has 114 valence electrons. The van der Waals surface area contributed by atoms with Crippen LogP contribution in [0.2, 0.25) is 0 Å². The fourth-order valence-electron chi connectivity index (χ4n) is 1.37. The van der Waals surface area contributed by atoms with E-state index >= 15 is 0 Å². The van der Waals surface area contributed by atoms with Crippen molar-refractivity contribution in [3.05, 3.63) is 23.3 Å². The molecule has 0 saturated heterocycles. The van der Waals surface area contributed by atoms with Crippen molar-refractivity contribution < 1.29 is 19.1 Å². The average Bonchev–Trinajstić information content (AvgIpc) is 2.47. The third-order valence-electron chi connectivity index (χ3n) is 3.06. The van der Waals surface area contributed by atoms with Gasteiger partial charge in [0.05, 0.1) is 0 Å². The molecule has 0 aliphatic heterocycles. The first-order valence-corrected chi connectivity index (χ1v) is 7.10. The fraction of sp³-hybridized carbons (Fsp3) is 0.625. The summed E-state index contributed by atoms with van der Waals surface area (Å²) in [4.78, 5) is 23.3. The van der Waals surface area contributed by atoms with Crippen molar-refractivity contribution >= 4 is 11.9 Å². The second kappa shape index (κ2) is 10.2. The normalized spacial score (nSPS) is 13.8. The summed E-state index contributed by atoms with van der Waals surface area (Å²) in [7, 11) is 0. The van der Waals surface area contributed by atoms with E-state index in [1.807, 2.05) is 0 Å². The Hall–Kier alpha value is -1.58. The van der Waals surface area contributed by atoms with Gasteiger partial charge in [0.1, 0.15) is 12.7 Å². The van der Waals surface area contributed by atoms with Crippen molar-refractivity contribution in [2.75, 3.05) is 6.61 Å². The summed E-state index contributed by atoms with van der Waals surface area (Å²) in [6.45, 7) is 9.13. The summed E-state index contributed by atoms with van der Waals surface area (Å²) in [6, 6.07) is 0. The van der Waals surface area contributed by atoms with Crippen LogP contribution in [0.25, 0.3) is 0 Å². The highest BCUT2D eigenvalue weighted by molar-refractivity contribution is 5.88. The van der Waals surface area contributed by atoms with E-state index in [1.165, 1.54) is 0 Å². The van der Waals surface area contributed by atoms with Gasteiger partial charge in [0.2, 0.25) is 0 Å². The molecule has 0 aromatic carbocycles. The van der Waals surface area contributed by atoms with E-state index < -0.39 is 0 Å². The molecule has 0 fully saturated rings. The maximum absolute atomic E-state index is 11.7. The van der Waals surface area contributed by atoms with Gasteiger partial charge in [-0.1, -0.05) is 25.5 Å². The fourth-order valence-corrected chi connectivity index (χ4v) is 1.37. The van der Waals surface area contributed by atoms with Crippen LogP contribution in [0.5, 0.6) is 0 Å². The first-order valence-electron chi connectivity index (χ1n) is 7.10. The lowest BCUT2D eigenvalue weighted by molar-refractivity contribution is -0.154. The number of allylic oxidation sites excluding steroid dienone is 2. The van der Waals surface area contributed by atoms with Crippen LogP contribution in [-0.4, -0.2) is 24.6 Å². The second-order valence-electron chi connectivity index (χ2n) is 4.71. The largest absolute Gasteiger partial charge is 0.458 e. The molecule has 0 radical (unpaired) electrons. The topological polar surface area (TPSA) is 52.6 Å². The molecular weight excluding hydrogens is 256 g/mol. The Labute approximate surface area is 121 Å². The standard InChI is InChI=1S/C16H26O4/c1-6-9-10-14(20-16(18)13(5)8-3)11-19-15(17)12(4)7-2/h7-8,14H,6,9-11H2,1-5H3/b12-7+,13-8+. The van der Waals surface area contributed by atoms with E-state index in [0.29, 0.717) is 17.6 Å². The SMILES string of the molecule is C/C=C(\C)C(=O)OCC(CCCC)OC(=O)/C(C)=C/C. The number of unbranched alkanes of at least 4 members (excludes halogenated alkanes) is 1. The quantitative estimate of drug-likeness (QED) is 0.504. The number of hydrogen-bond donors (Lipinski definition) is 0. The van der Waals surface area contributed by atoms with Gasteiger partial charge in [-0.05, 0) is 40.5 Å². The Morgan fingerprint density at radius 3 is 2.10 bits per heavy atom. The molecule has 0 saturated carbocycles. The van der Waals surface area contributed by atoms with Gasteiger partial charge < -0.3 is 9.47 Å². The van der Waals surface area contributed by atoms with Crippen LogP contribution in [0.3, 0.4) is 0 Å². The Kier molecular flexibility index (Phi) is 9.43. The van der Waals surface area contributed by atoms with Crippen LogP contribution < -0.4 is 0 Å². The molecule has 0 bridgehead atoms. The smallest absolute Gasteiger partial charge is 0.333 e. The lowest BCUT2D eigenvalue weighted by atomic mass is 10.1. The lowest BCUT2D eigenvalue weighted by Gasteiger charge is -2.18. The summed E-state index contributed by atoms with van der Waals surface area (Å²) in [5.74, 6) is -0.722. The van der Waals surface area contributed by atoms with Crippen molar-refractivity contribution in [3.63, 3.8) is 0 Å². The molecule has 0 rings (SSSR count). The van der Waals surface area contributed by atoms with E-state index in [0.717, 1.165) is 12.8 Å². The first-order chi connectivity index (χ1) is 9.46. The molecule has 0 heterocycles. The van der Waals surface area contributed by atoms with Gasteiger partial charge in [0.25, 0.3) is 0 Å². The lowest BCUT2D eigenvalue weighted by Crippen LogP contribution is -2.26. The van der Waals surface area contributed by atoms with Gasteiger partial charge in [-0.15, -0.1) is 0 Å². The highest BCUT2D eigenvalue weighted by Crippen LogP contribution is 2.10. The van der Waals surface area contributed by atoms with Gasteiger partial charge in [-0.25, -0.2) is 9.59 Å². The van der Waals surface area contributed by atoms with E-state index in [9.17, 15) is 9.59 Å². The number of ether oxygens (including phenoxy) is 2. The van der Waals surface area contributed by atoms with Gasteiger partial charge in [0.15, 0.2) is 0 Å². The van der Waals surface area contributed by atoms with Crippen molar-refractivity contribution in [3.8, 4) is 0 Å². The summed E-state index contributed by atoms with van der Waals surface area (Å²) in [5.41, 5.74) is 1.11. The molecular formula is C16H26O4. The Balaban J connectivity index is 4.49. The maximum Gasteiger partial charge on any atom is 0.333 e. The Bertz CT molecular complexity index is 380. The molecule has 0 N–H and O–H groups in total. The minimum atomic E-state index is -0.383. The van der Waals surface area contributed by atoms with Gasteiger partial charge in [-0.2, -0.15) is 0 Å². The van der Waals surface area contributed by atoms with Crippen molar-refractivity contribution in [2.24, 2.45) is 0 Å². The molecule has 1 unspecified atom stereocenters. The summed E-state index contributed by atoms with van der Waals surface area (Å²) in [5, 5.41) is 0. The van der Waals surface area contributed by atoms with Crippen LogP contribution in [-0.2, 0) is 19.1 Å². The van der Waals surface area contributed by atoms with Crippen LogP contribution in [0.15, 0.2) is 23.3 Å². The predicted octanol–water partition coefficient (Wildman–Crippen LogP) is 3.56. The van der Waals surface area contributed by atoms with Crippen LogP contribution in [0.4, 0.5) is 0 Å². The first kappa shape index (κ1) is 18.4. The van der Waals surface area contributed by atoms with Gasteiger partial charge in [-0.3, -0.25) is 0 Å². The van der Waals surface area contributed by atoms with Crippen LogP contribution in [0.1, 0.15) is 53.9 Å². The number of carbonyl (C=O) groups is 2. The zero-order chi connectivity index (χ0) is 15.5. The van der Waals surface area contributed by atoms with Crippen molar-refractivity contribution in [1.29, 1.82) is 0 Å². The monoisotopic (exact) mass is 282 g/mol.